The van der Waals surface area contributed by atoms with Gasteiger partial charge in [0.25, 0.3) is 0 Å². The van der Waals surface area contributed by atoms with Crippen molar-refractivity contribution in [3.8, 4) is 0 Å². The van der Waals surface area contributed by atoms with Crippen LogP contribution in [0.1, 0.15) is 6.42 Å². The summed E-state index contributed by atoms with van der Waals surface area (Å²) in [6.45, 7) is 1.41. The first kappa shape index (κ1) is 10.9. The summed E-state index contributed by atoms with van der Waals surface area (Å²) in [5.74, 6) is 0.0948. The molecule has 0 aliphatic rings. The Labute approximate surface area is 67.6 Å². The van der Waals surface area contributed by atoms with E-state index in [-0.39, 0.29) is 12.4 Å². The molecule has 0 saturated heterocycles. The van der Waals surface area contributed by atoms with Crippen molar-refractivity contribution in [3.05, 3.63) is 0 Å². The van der Waals surface area contributed by atoms with Gasteiger partial charge in [-0.2, -0.15) is 0 Å². The highest BCUT2D eigenvalue weighted by Crippen LogP contribution is 1.85. The molecule has 5 heteroatoms. The SMILES string of the molecule is CS(=O)(=O)CCOCCCN. The van der Waals surface area contributed by atoms with E-state index in [1.54, 1.807) is 0 Å². The van der Waals surface area contributed by atoms with Crippen LogP contribution in [0.2, 0.25) is 0 Å². The van der Waals surface area contributed by atoms with E-state index in [1.165, 1.54) is 6.26 Å². The Balaban J connectivity index is 3.16. The molecule has 0 aromatic heterocycles. The summed E-state index contributed by atoms with van der Waals surface area (Å²) in [6.07, 6.45) is 1.98. The van der Waals surface area contributed by atoms with Crippen LogP contribution in [0, 0.1) is 0 Å². The second-order valence-electron chi connectivity index (χ2n) is 2.38. The van der Waals surface area contributed by atoms with Gasteiger partial charge in [-0.1, -0.05) is 0 Å². The number of ether oxygens (including phenoxy) is 1. The van der Waals surface area contributed by atoms with Crippen LogP contribution < -0.4 is 5.73 Å². The third kappa shape index (κ3) is 9.87. The normalized spacial score (nSPS) is 11.8. The fraction of sp³-hybridized carbons (Fsp3) is 1.00. The van der Waals surface area contributed by atoms with E-state index >= 15 is 0 Å². The lowest BCUT2D eigenvalue weighted by Gasteiger charge is -2.00. The number of nitrogens with two attached hydrogens (primary N) is 1. The van der Waals surface area contributed by atoms with Gasteiger partial charge in [-0.3, -0.25) is 0 Å². The lowest BCUT2D eigenvalue weighted by atomic mass is 10.5. The summed E-state index contributed by atoms with van der Waals surface area (Å²) in [5.41, 5.74) is 5.20. The van der Waals surface area contributed by atoms with Crippen molar-refractivity contribution in [1.29, 1.82) is 0 Å². The maximum absolute atomic E-state index is 10.6. The van der Waals surface area contributed by atoms with Crippen LogP contribution >= 0.6 is 0 Å². The van der Waals surface area contributed by atoms with E-state index in [0.717, 1.165) is 6.42 Å². The quantitative estimate of drug-likeness (QED) is 0.555. The molecule has 0 radical (unpaired) electrons. The first-order valence-corrected chi connectivity index (χ1v) is 5.58. The molecule has 0 heterocycles. The van der Waals surface area contributed by atoms with Crippen LogP contribution in [0.15, 0.2) is 0 Å². The van der Waals surface area contributed by atoms with Crippen molar-refractivity contribution in [1.82, 2.24) is 0 Å². The van der Waals surface area contributed by atoms with Crippen LogP contribution in [-0.2, 0) is 14.6 Å². The summed E-state index contributed by atoms with van der Waals surface area (Å²) >= 11 is 0. The molecule has 0 amide bonds. The predicted octanol–water partition coefficient (Wildman–Crippen LogP) is -0.604. The molecule has 0 aromatic rings. The summed E-state index contributed by atoms with van der Waals surface area (Å²) in [4.78, 5) is 0. The number of rotatable bonds is 6. The summed E-state index contributed by atoms with van der Waals surface area (Å²) in [6, 6.07) is 0. The lowest BCUT2D eigenvalue weighted by molar-refractivity contribution is 0.148. The molecular weight excluding hydrogens is 166 g/mol. The molecule has 4 nitrogen and oxygen atoms in total. The van der Waals surface area contributed by atoms with Crippen LogP contribution in [-0.4, -0.2) is 40.2 Å². The van der Waals surface area contributed by atoms with Gasteiger partial charge in [0.2, 0.25) is 0 Å². The predicted molar refractivity (Wildman–Crippen MR) is 44.2 cm³/mol. The average molecular weight is 181 g/mol. The Bertz CT molecular complexity index is 176. The Morgan fingerprint density at radius 1 is 1.36 bits per heavy atom. The minimum absolute atomic E-state index is 0.0948. The van der Waals surface area contributed by atoms with Crippen LogP contribution in [0.4, 0.5) is 0 Å². The molecule has 11 heavy (non-hydrogen) atoms. The van der Waals surface area contributed by atoms with Crippen molar-refractivity contribution >= 4 is 9.84 Å². The zero-order valence-corrected chi connectivity index (χ0v) is 7.56. The van der Waals surface area contributed by atoms with Crippen LogP contribution in [0.5, 0.6) is 0 Å². The minimum atomic E-state index is -2.87. The smallest absolute Gasteiger partial charge is 0.149 e. The molecule has 0 aliphatic heterocycles. The van der Waals surface area contributed by atoms with Gasteiger partial charge in [0.1, 0.15) is 9.84 Å². The first-order chi connectivity index (χ1) is 5.06. The van der Waals surface area contributed by atoms with E-state index in [9.17, 15) is 8.42 Å². The number of sulfone groups is 1. The van der Waals surface area contributed by atoms with Gasteiger partial charge < -0.3 is 10.5 Å². The van der Waals surface area contributed by atoms with E-state index < -0.39 is 9.84 Å². The highest BCUT2D eigenvalue weighted by Gasteiger charge is 2.00. The highest BCUT2D eigenvalue weighted by molar-refractivity contribution is 7.90. The van der Waals surface area contributed by atoms with Crippen molar-refractivity contribution in [2.75, 3.05) is 31.8 Å². The monoisotopic (exact) mass is 181 g/mol. The molecule has 0 aliphatic carbocycles. The summed E-state index contributed by atoms with van der Waals surface area (Å²) < 4.78 is 26.1. The van der Waals surface area contributed by atoms with Crippen LogP contribution in [0.25, 0.3) is 0 Å². The van der Waals surface area contributed by atoms with Gasteiger partial charge in [-0.05, 0) is 13.0 Å². The van der Waals surface area contributed by atoms with Gasteiger partial charge >= 0.3 is 0 Å². The fourth-order valence-corrected chi connectivity index (χ4v) is 0.918. The van der Waals surface area contributed by atoms with Gasteiger partial charge in [0.05, 0.1) is 12.4 Å². The highest BCUT2D eigenvalue weighted by atomic mass is 32.2. The van der Waals surface area contributed by atoms with Crippen molar-refractivity contribution in [2.24, 2.45) is 5.73 Å². The second kappa shape index (κ2) is 5.51. The number of hydrogen-bond acceptors (Lipinski definition) is 4. The van der Waals surface area contributed by atoms with Crippen LogP contribution in [0.3, 0.4) is 0 Å². The number of hydrogen-bond donors (Lipinski definition) is 1. The zero-order chi connectivity index (χ0) is 8.74. The molecule has 2 N–H and O–H groups in total. The fourth-order valence-electron chi connectivity index (χ4n) is 0.498. The molecule has 0 aromatic carbocycles. The Morgan fingerprint density at radius 2 is 2.00 bits per heavy atom. The Hall–Kier alpha value is -0.130. The van der Waals surface area contributed by atoms with Crippen molar-refractivity contribution in [3.63, 3.8) is 0 Å². The molecular formula is C6H15NO3S. The largest absolute Gasteiger partial charge is 0.380 e. The Kier molecular flexibility index (Phi) is 5.45. The standard InChI is InChI=1S/C6H15NO3S/c1-11(8,9)6-5-10-4-2-3-7/h2-7H2,1H3. The van der Waals surface area contributed by atoms with Crippen molar-refractivity contribution < 1.29 is 13.2 Å². The molecule has 0 fully saturated rings. The van der Waals surface area contributed by atoms with Gasteiger partial charge in [-0.15, -0.1) is 0 Å². The maximum Gasteiger partial charge on any atom is 0.149 e. The summed E-state index contributed by atoms with van der Waals surface area (Å²) in [7, 11) is -2.87. The third-order valence-electron chi connectivity index (χ3n) is 1.09. The molecule has 0 unspecified atom stereocenters. The minimum Gasteiger partial charge on any atom is -0.380 e. The van der Waals surface area contributed by atoms with E-state index in [2.05, 4.69) is 0 Å². The maximum atomic E-state index is 10.6. The molecule has 0 saturated carbocycles. The topological polar surface area (TPSA) is 69.4 Å². The first-order valence-electron chi connectivity index (χ1n) is 3.52. The van der Waals surface area contributed by atoms with E-state index in [4.69, 9.17) is 10.5 Å². The van der Waals surface area contributed by atoms with E-state index in [1.807, 2.05) is 0 Å². The van der Waals surface area contributed by atoms with Gasteiger partial charge in [0.15, 0.2) is 0 Å². The van der Waals surface area contributed by atoms with Gasteiger partial charge in [-0.25, -0.2) is 8.42 Å². The Morgan fingerprint density at radius 3 is 2.45 bits per heavy atom. The van der Waals surface area contributed by atoms with E-state index in [0.29, 0.717) is 13.2 Å². The average Bonchev–Trinajstić information content (AvgIpc) is 1.85. The second-order valence-corrected chi connectivity index (χ2v) is 4.64. The third-order valence-corrected chi connectivity index (χ3v) is 2.00. The van der Waals surface area contributed by atoms with Gasteiger partial charge in [0, 0.05) is 12.9 Å². The molecule has 0 atom stereocenters. The zero-order valence-electron chi connectivity index (χ0n) is 6.75. The van der Waals surface area contributed by atoms with Crippen molar-refractivity contribution in [2.45, 2.75) is 6.42 Å². The lowest BCUT2D eigenvalue weighted by Crippen LogP contribution is -2.12. The molecule has 68 valence electrons. The molecule has 0 spiro atoms. The summed E-state index contributed by atoms with van der Waals surface area (Å²) in [5, 5.41) is 0. The molecule has 0 bridgehead atoms. The molecule has 0 rings (SSSR count).